The summed E-state index contributed by atoms with van der Waals surface area (Å²) in [4.78, 5) is 29.8. The molecule has 0 aromatic heterocycles. The number of carbonyl (C=O) groups excluding carboxylic acids is 1. The van der Waals surface area contributed by atoms with E-state index in [-0.39, 0.29) is 68.2 Å². The summed E-state index contributed by atoms with van der Waals surface area (Å²) in [6.45, 7) is 5.93. The maximum Gasteiger partial charge on any atom is 0.269 e. The number of amides is 1. The predicted octanol–water partition coefficient (Wildman–Crippen LogP) is 9.90. The van der Waals surface area contributed by atoms with Gasteiger partial charge in [-0.25, -0.2) is 4.39 Å². The molecule has 6 atom stereocenters. The molecule has 12 nitrogen and oxygen atoms in total. The zero-order valence-electron chi connectivity index (χ0n) is 35.3. The van der Waals surface area contributed by atoms with Crippen LogP contribution in [-0.4, -0.2) is 57.6 Å². The highest BCUT2D eigenvalue weighted by molar-refractivity contribution is 8.00. The van der Waals surface area contributed by atoms with Gasteiger partial charge in [-0.3, -0.25) is 14.9 Å². The van der Waals surface area contributed by atoms with E-state index < -0.39 is 21.9 Å². The molecule has 3 aliphatic rings. The Morgan fingerprint density at radius 1 is 1.02 bits per heavy atom. The molecule has 0 saturated heterocycles. The third-order valence-electron chi connectivity index (χ3n) is 12.0. The van der Waals surface area contributed by atoms with Crippen LogP contribution in [0.4, 0.5) is 15.8 Å². The summed E-state index contributed by atoms with van der Waals surface area (Å²) >= 11 is 1.58. The van der Waals surface area contributed by atoms with Crippen LogP contribution >= 0.6 is 11.8 Å². The smallest absolute Gasteiger partial charge is 0.269 e. The van der Waals surface area contributed by atoms with Crippen LogP contribution in [-0.2, 0) is 27.6 Å². The van der Waals surface area contributed by atoms with E-state index in [9.17, 15) is 29.5 Å². The number of fused-ring (bicyclic) bond motifs is 2. The number of hydrogen-bond acceptors (Lipinski definition) is 11. The van der Waals surface area contributed by atoms with Crippen LogP contribution in [0.3, 0.4) is 0 Å². The van der Waals surface area contributed by atoms with E-state index in [1.165, 1.54) is 25.1 Å². The SMILES string of the molecule is C=CCOC12Oc3ccc(OCc4ccccc4F)cc3C3C(CCCCO)C(CCCCO)C=C(C(=NOCc4ccc([N+](=O)[O-])cc4)CC1Sc1ccc(NC(C)=O)cc1)C32. The van der Waals surface area contributed by atoms with Crippen molar-refractivity contribution in [3.63, 3.8) is 0 Å². The van der Waals surface area contributed by atoms with Crippen molar-refractivity contribution in [2.24, 2.45) is 22.9 Å². The van der Waals surface area contributed by atoms with E-state index in [0.717, 1.165) is 47.4 Å². The van der Waals surface area contributed by atoms with Gasteiger partial charge in [-0.15, -0.1) is 18.3 Å². The Morgan fingerprint density at radius 3 is 2.46 bits per heavy atom. The number of carbonyl (C=O) groups is 1. The topological polar surface area (TPSA) is 162 Å². The number of rotatable bonds is 21. The Morgan fingerprint density at radius 2 is 1.76 bits per heavy atom. The van der Waals surface area contributed by atoms with Gasteiger partial charge in [0.1, 0.15) is 30.5 Å². The van der Waals surface area contributed by atoms with E-state index in [0.29, 0.717) is 47.6 Å². The zero-order chi connectivity index (χ0) is 44.3. The lowest BCUT2D eigenvalue weighted by Crippen LogP contribution is -2.64. The molecule has 1 amide bonds. The van der Waals surface area contributed by atoms with E-state index in [2.05, 4.69) is 18.0 Å². The number of thioether (sulfide) groups is 1. The monoisotopic (exact) mass is 879 g/mol. The van der Waals surface area contributed by atoms with Crippen molar-refractivity contribution in [2.45, 2.75) is 86.9 Å². The van der Waals surface area contributed by atoms with Gasteiger partial charge in [-0.2, -0.15) is 0 Å². The molecule has 332 valence electrons. The van der Waals surface area contributed by atoms with Gasteiger partial charge >= 0.3 is 0 Å². The number of oxime groups is 1. The van der Waals surface area contributed by atoms with Crippen molar-refractivity contribution >= 4 is 34.8 Å². The molecule has 1 fully saturated rings. The average molecular weight is 880 g/mol. The van der Waals surface area contributed by atoms with E-state index >= 15 is 0 Å². The first-order valence-corrected chi connectivity index (χ1v) is 22.4. The Balaban J connectivity index is 1.37. The molecule has 1 aliphatic heterocycles. The lowest BCUT2D eigenvalue weighted by molar-refractivity contribution is -0.384. The number of nitrogens with one attached hydrogen (secondary N) is 1. The molecule has 14 heteroatoms. The van der Waals surface area contributed by atoms with Gasteiger partial charge in [-0.05, 0) is 109 Å². The number of benzene rings is 4. The van der Waals surface area contributed by atoms with Crippen LogP contribution in [0, 0.1) is 33.7 Å². The molecule has 4 aromatic rings. The van der Waals surface area contributed by atoms with Crippen LogP contribution in [0.1, 0.15) is 74.5 Å². The number of allylic oxidation sites excluding steroid dienone is 1. The van der Waals surface area contributed by atoms with Gasteiger partial charge in [-0.1, -0.05) is 48.3 Å². The predicted molar refractivity (Wildman–Crippen MR) is 240 cm³/mol. The van der Waals surface area contributed by atoms with Gasteiger partial charge in [0.15, 0.2) is 0 Å². The molecule has 7 rings (SSSR count). The Labute approximate surface area is 371 Å². The summed E-state index contributed by atoms with van der Waals surface area (Å²) in [6, 6.07) is 26.1. The summed E-state index contributed by atoms with van der Waals surface area (Å²) in [5, 5.41) is 38.4. The molecule has 1 heterocycles. The van der Waals surface area contributed by atoms with Crippen LogP contribution < -0.4 is 14.8 Å². The first-order valence-electron chi connectivity index (χ1n) is 21.5. The van der Waals surface area contributed by atoms with Gasteiger partial charge in [0.2, 0.25) is 11.7 Å². The first kappa shape index (κ1) is 45.5. The number of non-ortho nitro benzene ring substituents is 1. The lowest BCUT2D eigenvalue weighted by Gasteiger charge is -2.58. The molecular weight excluding hydrogens is 826 g/mol. The number of nitro groups is 1. The van der Waals surface area contributed by atoms with Crippen molar-refractivity contribution < 1.29 is 43.4 Å². The average Bonchev–Trinajstić information content (AvgIpc) is 3.28. The van der Waals surface area contributed by atoms with Crippen molar-refractivity contribution in [3.05, 3.63) is 148 Å². The molecule has 4 aromatic carbocycles. The Hall–Kier alpha value is -5.54. The minimum atomic E-state index is -1.25. The van der Waals surface area contributed by atoms with Gasteiger partial charge in [0.05, 0.1) is 28.4 Å². The van der Waals surface area contributed by atoms with Crippen molar-refractivity contribution in [1.29, 1.82) is 0 Å². The molecule has 2 aliphatic carbocycles. The number of nitrogens with zero attached hydrogens (tertiary/aromatic N) is 2. The molecule has 0 spiro atoms. The van der Waals surface area contributed by atoms with Gasteiger partial charge in [0.25, 0.3) is 5.69 Å². The molecule has 1 saturated carbocycles. The number of unbranched alkanes of at least 4 members (excludes halogenated alkanes) is 2. The second-order valence-corrected chi connectivity index (χ2v) is 17.4. The third-order valence-corrected chi connectivity index (χ3v) is 13.3. The maximum absolute atomic E-state index is 14.7. The molecule has 0 radical (unpaired) electrons. The Kier molecular flexibility index (Phi) is 15.3. The quantitative estimate of drug-likeness (QED) is 0.0318. The van der Waals surface area contributed by atoms with Gasteiger partial charge < -0.3 is 34.6 Å². The van der Waals surface area contributed by atoms with E-state index in [1.54, 1.807) is 48.2 Å². The van der Waals surface area contributed by atoms with Crippen LogP contribution in [0.2, 0.25) is 0 Å². The van der Waals surface area contributed by atoms with Gasteiger partial charge in [0, 0.05) is 66.3 Å². The molecular formula is C49H54FN3O9S. The molecule has 63 heavy (non-hydrogen) atoms. The first-order chi connectivity index (χ1) is 30.6. The maximum atomic E-state index is 14.7. The summed E-state index contributed by atoms with van der Waals surface area (Å²) in [6.07, 6.45) is 8.84. The fraction of sp³-hybridized carbons (Fsp3) is 0.388. The third kappa shape index (κ3) is 10.6. The number of ether oxygens (including phenoxy) is 3. The molecule has 0 bridgehead atoms. The lowest BCUT2D eigenvalue weighted by atomic mass is 9.56. The number of aliphatic hydroxyl groups is 2. The van der Waals surface area contributed by atoms with Crippen molar-refractivity contribution in [1.82, 2.24) is 0 Å². The summed E-state index contributed by atoms with van der Waals surface area (Å²) < 4.78 is 35.3. The van der Waals surface area contributed by atoms with Crippen molar-refractivity contribution in [3.8, 4) is 11.5 Å². The minimum Gasteiger partial charge on any atom is -0.489 e. The number of hydrogen-bond donors (Lipinski definition) is 3. The number of anilines is 1. The van der Waals surface area contributed by atoms with E-state index in [4.69, 9.17) is 24.2 Å². The number of aliphatic hydroxyl groups excluding tert-OH is 2. The second-order valence-electron chi connectivity index (χ2n) is 16.1. The summed E-state index contributed by atoms with van der Waals surface area (Å²) in [7, 11) is 0. The van der Waals surface area contributed by atoms with Crippen LogP contribution in [0.15, 0.2) is 125 Å². The minimum absolute atomic E-state index is 0.0178. The molecule has 3 N–H and O–H groups in total. The summed E-state index contributed by atoms with van der Waals surface area (Å²) in [5.74, 6) is -1.12. The van der Waals surface area contributed by atoms with Crippen molar-refractivity contribution in [2.75, 3.05) is 25.1 Å². The fourth-order valence-corrected chi connectivity index (χ4v) is 10.5. The number of nitro benzene ring substituents is 1. The second kappa shape index (κ2) is 21.2. The standard InChI is InChI=1S/C49H54FN3O9S/c1-3-26-60-49-46(63-39-21-16-36(17-22-39)51-32(2)56)29-44(52-61-30-33-14-18-37(19-15-33)53(57)58)41-27-34(10-6-8-24-54)40(12-7-9-25-55)47(48(41)49)42-28-38(20-23-45(42)62-49)59-31-35-11-4-5-13-43(35)50/h3-5,11,13-23,27-28,34,40,46-48,54-55H,1,6-10,12,24-26,29-31H2,2H3,(H,51,56). The highest BCUT2D eigenvalue weighted by Gasteiger charge is 2.64. The Bertz CT molecular complexity index is 2290. The number of halogens is 1. The highest BCUT2D eigenvalue weighted by Crippen LogP contribution is 2.63. The highest BCUT2D eigenvalue weighted by atomic mass is 32.2. The fourth-order valence-electron chi connectivity index (χ4n) is 9.17. The normalized spacial score (nSPS) is 22.8. The van der Waals surface area contributed by atoms with E-state index in [1.807, 2.05) is 42.5 Å². The summed E-state index contributed by atoms with van der Waals surface area (Å²) in [5.41, 5.74) is 4.38. The van der Waals surface area contributed by atoms with Crippen LogP contribution in [0.25, 0.3) is 0 Å². The van der Waals surface area contributed by atoms with Crippen LogP contribution in [0.5, 0.6) is 11.5 Å². The molecule has 6 unspecified atom stereocenters. The zero-order valence-corrected chi connectivity index (χ0v) is 36.1. The largest absolute Gasteiger partial charge is 0.489 e.